The summed E-state index contributed by atoms with van der Waals surface area (Å²) >= 11 is 9.90. The van der Waals surface area contributed by atoms with E-state index >= 15 is 0 Å². The summed E-state index contributed by atoms with van der Waals surface area (Å²) in [6.45, 7) is 10.7. The number of ether oxygens (including phenoxy) is 3. The van der Waals surface area contributed by atoms with Crippen molar-refractivity contribution in [2.75, 3.05) is 83.5 Å². The summed E-state index contributed by atoms with van der Waals surface area (Å²) in [5, 5.41) is 6.02. The summed E-state index contributed by atoms with van der Waals surface area (Å²) in [4.78, 5) is 14.6. The van der Waals surface area contributed by atoms with Crippen LogP contribution in [0.25, 0.3) is 0 Å². The molecule has 8 rings (SSSR count). The van der Waals surface area contributed by atoms with Gasteiger partial charge in [0.1, 0.15) is 0 Å². The third-order valence-electron chi connectivity index (χ3n) is 11.3. The van der Waals surface area contributed by atoms with E-state index in [0.717, 1.165) is 42.6 Å². The Morgan fingerprint density at radius 1 is 0.569 bits per heavy atom. The Morgan fingerprint density at radius 2 is 0.969 bits per heavy atom. The van der Waals surface area contributed by atoms with Crippen LogP contribution in [0, 0.1) is 20.8 Å². The van der Waals surface area contributed by atoms with Gasteiger partial charge in [0.25, 0.3) is 0 Å². The van der Waals surface area contributed by atoms with Crippen LogP contribution >= 0.6 is 54.5 Å². The minimum Gasteiger partial charge on any atom is -0.493 e. The lowest BCUT2D eigenvalue weighted by Crippen LogP contribution is -2.48. The summed E-state index contributed by atoms with van der Waals surface area (Å²) in [6, 6.07) is 21.9. The van der Waals surface area contributed by atoms with Crippen LogP contribution in [-0.4, -0.2) is 109 Å². The molecule has 2 saturated heterocycles. The molecule has 2 fully saturated rings. The van der Waals surface area contributed by atoms with E-state index in [1.165, 1.54) is 26.6 Å². The zero-order valence-corrected chi connectivity index (χ0v) is 43.5. The highest BCUT2D eigenvalue weighted by atomic mass is 79.9. The summed E-state index contributed by atoms with van der Waals surface area (Å²) in [7, 11) is -2.20. The van der Waals surface area contributed by atoms with Crippen LogP contribution in [0.2, 0.25) is 0 Å². The Balaban J connectivity index is 0.000000195. The van der Waals surface area contributed by atoms with Gasteiger partial charge in [0.2, 0.25) is 25.8 Å². The van der Waals surface area contributed by atoms with Crippen LogP contribution in [-0.2, 0) is 32.9 Å². The predicted octanol–water partition coefficient (Wildman–Crippen LogP) is 8.97. The summed E-state index contributed by atoms with van der Waals surface area (Å²) < 4.78 is 72.8. The maximum absolute atomic E-state index is 12.9. The first-order chi connectivity index (χ1) is 31.1. The number of aryl methyl sites for hydroxylation is 3. The van der Waals surface area contributed by atoms with Gasteiger partial charge in [0.15, 0.2) is 21.8 Å². The molecule has 2 aliphatic heterocycles. The van der Waals surface area contributed by atoms with E-state index in [1.807, 2.05) is 17.5 Å². The van der Waals surface area contributed by atoms with Crippen molar-refractivity contribution in [1.82, 2.24) is 18.6 Å². The van der Waals surface area contributed by atoms with E-state index in [2.05, 4.69) is 79.9 Å². The fourth-order valence-electron chi connectivity index (χ4n) is 7.91. The smallest absolute Gasteiger partial charge is 0.243 e. The Labute approximate surface area is 407 Å². The Bertz CT molecular complexity index is 2760. The van der Waals surface area contributed by atoms with Crippen molar-refractivity contribution < 1.29 is 31.0 Å². The standard InChI is InChI=1S/C23H26BrN3O5S2.C23H26BrN3O2S2/c1-30-20-13-16(14-21(31-2)22(20)32-3)12-18-15-33-23(25-18)26-8-10-27(11-9-26)34(28,29)19-6-4-17(24)5-7-19;1-16-12-17(2)22(18(3)13-16)14-20-15-30-23(25-20)26-8-10-27(11-9-26)31(28,29)21-6-4-19(24)5-7-21/h4-7,13-15H,8-12H2,1-3H3;4-7,12-13,15H,8-11,14H2,1-3H3. The highest BCUT2D eigenvalue weighted by molar-refractivity contribution is 9.10. The molecule has 65 heavy (non-hydrogen) atoms. The van der Waals surface area contributed by atoms with Gasteiger partial charge < -0.3 is 24.0 Å². The molecule has 0 amide bonds. The lowest BCUT2D eigenvalue weighted by atomic mass is 9.96. The van der Waals surface area contributed by atoms with E-state index in [0.29, 0.717) is 85.8 Å². The number of sulfonamides is 2. The molecule has 0 atom stereocenters. The number of hydrogen-bond acceptors (Lipinski definition) is 13. The SMILES string of the molecule is COc1cc(Cc2csc(N3CCN(S(=O)(=O)c4ccc(Br)cc4)CC3)n2)cc(OC)c1OC.Cc1cc(C)c(Cc2csc(N3CCN(S(=O)(=O)c4ccc(Br)cc4)CC3)n2)c(C)c1. The third-order valence-corrected chi connectivity index (χ3v) is 18.1. The molecular weight excluding hydrogens is 1040 g/mol. The minimum atomic E-state index is -3.50. The van der Waals surface area contributed by atoms with Crippen molar-refractivity contribution in [3.05, 3.63) is 132 Å². The molecule has 2 aliphatic rings. The molecular formula is C46H52Br2N6O7S4. The first-order valence-electron chi connectivity index (χ1n) is 20.8. The molecule has 4 heterocycles. The topological polar surface area (TPSA) is 135 Å². The second-order valence-electron chi connectivity index (χ2n) is 15.7. The second kappa shape index (κ2) is 21.3. The summed E-state index contributed by atoms with van der Waals surface area (Å²) in [6.07, 6.45) is 1.44. The second-order valence-corrected chi connectivity index (χ2v) is 23.1. The van der Waals surface area contributed by atoms with Crippen molar-refractivity contribution in [2.24, 2.45) is 0 Å². The number of methoxy groups -OCH3 is 3. The Morgan fingerprint density at radius 3 is 1.35 bits per heavy atom. The Kier molecular flexibility index (Phi) is 16.0. The molecule has 0 aliphatic carbocycles. The average Bonchev–Trinajstić information content (AvgIpc) is 3.98. The van der Waals surface area contributed by atoms with Crippen LogP contribution in [0.4, 0.5) is 10.3 Å². The molecule has 0 radical (unpaired) electrons. The van der Waals surface area contributed by atoms with Gasteiger partial charge in [-0.15, -0.1) is 22.7 Å². The van der Waals surface area contributed by atoms with Gasteiger partial charge in [-0.2, -0.15) is 8.61 Å². The summed E-state index contributed by atoms with van der Waals surface area (Å²) in [5.41, 5.74) is 8.23. The number of aromatic nitrogens is 2. The first kappa shape index (κ1) is 48.8. The van der Waals surface area contributed by atoms with Crippen LogP contribution < -0.4 is 24.0 Å². The molecule has 346 valence electrons. The van der Waals surface area contributed by atoms with Gasteiger partial charge in [-0.3, -0.25) is 0 Å². The maximum atomic E-state index is 12.9. The van der Waals surface area contributed by atoms with Gasteiger partial charge in [-0.25, -0.2) is 26.8 Å². The van der Waals surface area contributed by atoms with Crippen molar-refractivity contribution in [3.63, 3.8) is 0 Å². The molecule has 19 heteroatoms. The van der Waals surface area contributed by atoms with Gasteiger partial charge in [0, 0.05) is 84.9 Å². The largest absolute Gasteiger partial charge is 0.493 e. The van der Waals surface area contributed by atoms with Crippen LogP contribution in [0.15, 0.2) is 102 Å². The van der Waals surface area contributed by atoms with Crippen molar-refractivity contribution >= 4 is 84.8 Å². The lowest BCUT2D eigenvalue weighted by molar-refractivity contribution is 0.324. The third kappa shape index (κ3) is 11.6. The number of benzene rings is 4. The quantitative estimate of drug-likeness (QED) is 0.110. The van der Waals surface area contributed by atoms with Gasteiger partial charge in [-0.1, -0.05) is 49.6 Å². The lowest BCUT2D eigenvalue weighted by Gasteiger charge is -2.33. The fourth-order valence-corrected chi connectivity index (χ4v) is 13.0. The van der Waals surface area contributed by atoms with E-state index < -0.39 is 20.0 Å². The van der Waals surface area contributed by atoms with Crippen molar-refractivity contribution in [3.8, 4) is 17.2 Å². The summed E-state index contributed by atoms with van der Waals surface area (Å²) in [5.74, 6) is 1.77. The fraction of sp³-hybridized carbons (Fsp3) is 0.348. The zero-order valence-electron chi connectivity index (χ0n) is 37.1. The molecule has 4 aromatic carbocycles. The molecule has 6 aromatic rings. The van der Waals surface area contributed by atoms with Crippen molar-refractivity contribution in [2.45, 2.75) is 43.4 Å². The molecule has 0 saturated carbocycles. The number of halogens is 2. The predicted molar refractivity (Wildman–Crippen MR) is 267 cm³/mol. The molecule has 0 spiro atoms. The molecule has 0 unspecified atom stereocenters. The number of rotatable bonds is 13. The van der Waals surface area contributed by atoms with E-state index in [-0.39, 0.29) is 0 Å². The highest BCUT2D eigenvalue weighted by Crippen LogP contribution is 2.39. The average molecular weight is 1090 g/mol. The number of thiazole rings is 2. The monoisotopic (exact) mass is 1090 g/mol. The van der Waals surface area contributed by atoms with Gasteiger partial charge in [-0.05, 0) is 104 Å². The van der Waals surface area contributed by atoms with Crippen LogP contribution in [0.1, 0.15) is 39.2 Å². The first-order valence-corrected chi connectivity index (χ1v) is 27.1. The van der Waals surface area contributed by atoms with Gasteiger partial charge >= 0.3 is 0 Å². The van der Waals surface area contributed by atoms with Gasteiger partial charge in [0.05, 0.1) is 42.5 Å². The number of piperazine rings is 2. The van der Waals surface area contributed by atoms with Crippen LogP contribution in [0.5, 0.6) is 17.2 Å². The number of hydrogen-bond donors (Lipinski definition) is 0. The van der Waals surface area contributed by atoms with E-state index in [4.69, 9.17) is 24.2 Å². The van der Waals surface area contributed by atoms with Crippen molar-refractivity contribution in [1.29, 1.82) is 0 Å². The molecule has 0 bridgehead atoms. The van der Waals surface area contributed by atoms with Crippen LogP contribution in [0.3, 0.4) is 0 Å². The highest BCUT2D eigenvalue weighted by Gasteiger charge is 2.31. The molecule has 2 aromatic heterocycles. The van der Waals surface area contributed by atoms with E-state index in [1.54, 1.807) is 96.8 Å². The van der Waals surface area contributed by atoms with E-state index in [9.17, 15) is 16.8 Å². The molecule has 0 N–H and O–H groups in total. The zero-order chi connectivity index (χ0) is 46.5. The number of anilines is 2. The minimum absolute atomic E-state index is 0.311. The Hall–Kier alpha value is -4.08. The maximum Gasteiger partial charge on any atom is 0.243 e. The molecule has 13 nitrogen and oxygen atoms in total. The number of nitrogens with zero attached hydrogens (tertiary/aromatic N) is 6. The normalized spacial score (nSPS) is 15.1.